The quantitative estimate of drug-likeness (QED) is 0.782. The van der Waals surface area contributed by atoms with Crippen LogP contribution in [-0.2, 0) is 6.42 Å². The number of aliphatic hydroxyl groups excluding tert-OH is 1. The second-order valence-electron chi connectivity index (χ2n) is 4.77. The van der Waals surface area contributed by atoms with Gasteiger partial charge in [0.1, 0.15) is 0 Å². The molecule has 94 valence electrons. The number of pyridine rings is 1. The van der Waals surface area contributed by atoms with Crippen molar-refractivity contribution in [2.45, 2.75) is 38.1 Å². The van der Waals surface area contributed by atoms with Crippen LogP contribution in [0.2, 0.25) is 0 Å². The van der Waals surface area contributed by atoms with E-state index >= 15 is 0 Å². The Kier molecular flexibility index (Phi) is 4.95. The van der Waals surface area contributed by atoms with Crippen LogP contribution in [0.3, 0.4) is 0 Å². The Labute approximate surface area is 103 Å². The molecule has 1 N–H and O–H groups in total. The van der Waals surface area contributed by atoms with Crippen molar-refractivity contribution >= 4 is 0 Å². The average molecular weight is 234 g/mol. The van der Waals surface area contributed by atoms with Gasteiger partial charge in [-0.3, -0.25) is 9.88 Å². The highest BCUT2D eigenvalue weighted by Crippen LogP contribution is 2.24. The van der Waals surface area contributed by atoms with Crippen LogP contribution >= 0.6 is 0 Å². The first kappa shape index (κ1) is 12.5. The van der Waals surface area contributed by atoms with E-state index in [-0.39, 0.29) is 0 Å². The van der Waals surface area contributed by atoms with Crippen LogP contribution in [0.15, 0.2) is 24.4 Å². The minimum Gasteiger partial charge on any atom is -0.396 e. The van der Waals surface area contributed by atoms with Gasteiger partial charge in [0, 0.05) is 44.0 Å². The fourth-order valence-electron chi connectivity index (χ4n) is 2.31. The molecule has 3 nitrogen and oxygen atoms in total. The van der Waals surface area contributed by atoms with Gasteiger partial charge in [-0.15, -0.1) is 0 Å². The highest BCUT2D eigenvalue weighted by Gasteiger charge is 2.23. The van der Waals surface area contributed by atoms with Crippen LogP contribution in [0.5, 0.6) is 0 Å². The summed E-state index contributed by atoms with van der Waals surface area (Å²) in [5.41, 5.74) is 1.17. The Morgan fingerprint density at radius 3 is 2.76 bits per heavy atom. The lowest BCUT2D eigenvalue weighted by Crippen LogP contribution is -2.42. The minimum atomic E-state index is 0.298. The maximum atomic E-state index is 8.93. The normalized spacial score (nSPS) is 16.1. The highest BCUT2D eigenvalue weighted by molar-refractivity contribution is 5.04. The molecule has 1 fully saturated rings. The van der Waals surface area contributed by atoms with Gasteiger partial charge in [0.05, 0.1) is 0 Å². The molecule has 1 aliphatic carbocycles. The molecule has 0 atom stereocenters. The standard InChI is InChI=1S/C14H22N2O/c17-12-4-10-16(14-6-3-7-14)11-8-13-5-1-2-9-15-13/h1-2,5,9,14,17H,3-4,6-8,10-12H2. The lowest BCUT2D eigenvalue weighted by Gasteiger charge is -2.37. The molecule has 1 saturated carbocycles. The first-order valence-corrected chi connectivity index (χ1v) is 6.65. The van der Waals surface area contributed by atoms with Crippen molar-refractivity contribution in [1.82, 2.24) is 9.88 Å². The lowest BCUT2D eigenvalue weighted by molar-refractivity contribution is 0.117. The zero-order valence-electron chi connectivity index (χ0n) is 10.4. The third kappa shape index (κ3) is 3.79. The van der Waals surface area contributed by atoms with E-state index in [1.165, 1.54) is 25.0 Å². The smallest absolute Gasteiger partial charge is 0.0443 e. The van der Waals surface area contributed by atoms with Crippen molar-refractivity contribution in [2.75, 3.05) is 19.7 Å². The van der Waals surface area contributed by atoms with Gasteiger partial charge in [-0.1, -0.05) is 12.5 Å². The van der Waals surface area contributed by atoms with Gasteiger partial charge in [-0.2, -0.15) is 0 Å². The summed E-state index contributed by atoms with van der Waals surface area (Å²) in [6, 6.07) is 6.85. The van der Waals surface area contributed by atoms with Crippen LogP contribution in [0.1, 0.15) is 31.4 Å². The van der Waals surface area contributed by atoms with E-state index in [1.807, 2.05) is 18.3 Å². The number of rotatable bonds is 7. The number of aromatic nitrogens is 1. The van der Waals surface area contributed by atoms with Crippen LogP contribution in [0, 0.1) is 0 Å². The zero-order chi connectivity index (χ0) is 11.9. The Balaban J connectivity index is 1.80. The third-order valence-corrected chi connectivity index (χ3v) is 3.58. The fraction of sp³-hybridized carbons (Fsp3) is 0.643. The molecule has 1 aromatic rings. The Hall–Kier alpha value is -0.930. The molecule has 2 rings (SSSR count). The van der Waals surface area contributed by atoms with Crippen LogP contribution in [0.25, 0.3) is 0 Å². The fourth-order valence-corrected chi connectivity index (χ4v) is 2.31. The summed E-state index contributed by atoms with van der Waals surface area (Å²) in [5.74, 6) is 0. The van der Waals surface area contributed by atoms with Gasteiger partial charge in [0.2, 0.25) is 0 Å². The largest absolute Gasteiger partial charge is 0.396 e. The summed E-state index contributed by atoms with van der Waals surface area (Å²) in [7, 11) is 0. The summed E-state index contributed by atoms with van der Waals surface area (Å²) in [6.07, 6.45) is 7.78. The lowest BCUT2D eigenvalue weighted by atomic mass is 9.91. The molecule has 17 heavy (non-hydrogen) atoms. The van der Waals surface area contributed by atoms with E-state index in [0.717, 1.165) is 32.0 Å². The third-order valence-electron chi connectivity index (χ3n) is 3.58. The van der Waals surface area contributed by atoms with Crippen molar-refractivity contribution in [3.63, 3.8) is 0 Å². The average Bonchev–Trinajstić information content (AvgIpc) is 2.31. The van der Waals surface area contributed by atoms with E-state index in [2.05, 4.69) is 16.0 Å². The maximum absolute atomic E-state index is 8.93. The molecule has 0 radical (unpaired) electrons. The van der Waals surface area contributed by atoms with Crippen molar-refractivity contribution in [2.24, 2.45) is 0 Å². The molecule has 1 aliphatic rings. The first-order chi connectivity index (χ1) is 8.40. The molecule has 1 heterocycles. The van der Waals surface area contributed by atoms with Gasteiger partial charge in [0.15, 0.2) is 0 Å². The topological polar surface area (TPSA) is 36.4 Å². The summed E-state index contributed by atoms with van der Waals surface area (Å²) >= 11 is 0. The second-order valence-corrected chi connectivity index (χ2v) is 4.77. The molecule has 1 aromatic heterocycles. The Morgan fingerprint density at radius 2 is 2.18 bits per heavy atom. The maximum Gasteiger partial charge on any atom is 0.0443 e. The summed E-state index contributed by atoms with van der Waals surface area (Å²) < 4.78 is 0. The summed E-state index contributed by atoms with van der Waals surface area (Å²) in [6.45, 7) is 2.39. The van der Waals surface area contributed by atoms with E-state index in [9.17, 15) is 0 Å². The molecule has 0 aromatic carbocycles. The molecule has 0 aliphatic heterocycles. The van der Waals surface area contributed by atoms with E-state index in [1.54, 1.807) is 0 Å². The van der Waals surface area contributed by atoms with Gasteiger partial charge in [-0.25, -0.2) is 0 Å². The highest BCUT2D eigenvalue weighted by atomic mass is 16.3. The van der Waals surface area contributed by atoms with Crippen LogP contribution in [0.4, 0.5) is 0 Å². The number of aliphatic hydroxyl groups is 1. The molecule has 0 spiro atoms. The molecule has 0 amide bonds. The van der Waals surface area contributed by atoms with E-state index < -0.39 is 0 Å². The molecular formula is C14H22N2O. The van der Waals surface area contributed by atoms with Crippen LogP contribution in [-0.4, -0.2) is 40.7 Å². The van der Waals surface area contributed by atoms with Crippen molar-refractivity contribution in [3.05, 3.63) is 30.1 Å². The minimum absolute atomic E-state index is 0.298. The van der Waals surface area contributed by atoms with Crippen molar-refractivity contribution in [1.29, 1.82) is 0 Å². The van der Waals surface area contributed by atoms with Crippen LogP contribution < -0.4 is 0 Å². The summed E-state index contributed by atoms with van der Waals surface area (Å²) in [4.78, 5) is 6.88. The SMILES string of the molecule is OCCCN(CCc1ccccn1)C1CCC1. The Bertz CT molecular complexity index is 311. The number of nitrogens with zero attached hydrogens (tertiary/aromatic N) is 2. The summed E-state index contributed by atoms with van der Waals surface area (Å²) in [5, 5.41) is 8.93. The van der Waals surface area contributed by atoms with Crippen molar-refractivity contribution < 1.29 is 5.11 Å². The van der Waals surface area contributed by atoms with Gasteiger partial charge < -0.3 is 5.11 Å². The van der Waals surface area contributed by atoms with Crippen molar-refractivity contribution in [3.8, 4) is 0 Å². The molecular weight excluding hydrogens is 212 g/mol. The van der Waals surface area contributed by atoms with E-state index in [4.69, 9.17) is 5.11 Å². The predicted octanol–water partition coefficient (Wildman–Crippen LogP) is 1.86. The zero-order valence-corrected chi connectivity index (χ0v) is 10.4. The molecule has 0 saturated heterocycles. The van der Waals surface area contributed by atoms with Gasteiger partial charge >= 0.3 is 0 Å². The first-order valence-electron chi connectivity index (χ1n) is 6.65. The van der Waals surface area contributed by atoms with Gasteiger partial charge in [0.25, 0.3) is 0 Å². The molecule has 0 bridgehead atoms. The number of hydrogen-bond donors (Lipinski definition) is 1. The monoisotopic (exact) mass is 234 g/mol. The molecule has 3 heteroatoms. The Morgan fingerprint density at radius 1 is 1.29 bits per heavy atom. The molecule has 0 unspecified atom stereocenters. The number of hydrogen-bond acceptors (Lipinski definition) is 3. The predicted molar refractivity (Wildman–Crippen MR) is 68.9 cm³/mol. The second kappa shape index (κ2) is 6.72. The van der Waals surface area contributed by atoms with E-state index in [0.29, 0.717) is 6.61 Å². The van der Waals surface area contributed by atoms with Gasteiger partial charge in [-0.05, 0) is 31.4 Å².